The first-order chi connectivity index (χ1) is 6.97. The lowest BCUT2D eigenvalue weighted by atomic mass is 9.97. The van der Waals surface area contributed by atoms with Crippen LogP contribution in [0.1, 0.15) is 6.92 Å². The molecule has 88 valence electrons. The molecule has 0 aliphatic carbocycles. The smallest absolute Gasteiger partial charge is 0.178 e. The van der Waals surface area contributed by atoms with Gasteiger partial charge in [0.25, 0.3) is 0 Å². The first-order valence-corrected chi connectivity index (χ1v) is 4.95. The molecule has 5 N–H and O–H groups in total. The molecule has 1 unspecified atom stereocenters. The van der Waals surface area contributed by atoms with Crippen molar-refractivity contribution in [3.8, 4) is 0 Å². The van der Waals surface area contributed by atoms with Gasteiger partial charge in [0.1, 0.15) is 24.4 Å². The second-order valence-corrected chi connectivity index (χ2v) is 4.07. The average Bonchev–Trinajstić information content (AvgIpc) is 2.18. The molecule has 6 nitrogen and oxygen atoms in total. The summed E-state index contributed by atoms with van der Waals surface area (Å²) in [4.78, 5) is 0.372. The molecule has 0 aromatic heterocycles. The fourth-order valence-electron chi connectivity index (χ4n) is 1.49. The van der Waals surface area contributed by atoms with Gasteiger partial charge in [-0.3, -0.25) is 0 Å². The summed E-state index contributed by atoms with van der Waals surface area (Å²) in [6.45, 7) is 1.11. The van der Waals surface area contributed by atoms with Gasteiger partial charge in [-0.2, -0.15) is 0 Å². The van der Waals surface area contributed by atoms with E-state index in [9.17, 15) is 15.3 Å². The number of ether oxygens (including phenoxy) is 1. The van der Waals surface area contributed by atoms with Gasteiger partial charge in [0.2, 0.25) is 0 Å². The van der Waals surface area contributed by atoms with Crippen LogP contribution in [0.3, 0.4) is 0 Å². The number of aliphatic hydroxyl groups is 4. The molecular formula is C8H15NO5S. The minimum Gasteiger partial charge on any atom is -0.394 e. The van der Waals surface area contributed by atoms with Crippen molar-refractivity contribution >= 4 is 17.2 Å². The summed E-state index contributed by atoms with van der Waals surface area (Å²) >= 11 is 4.76. The van der Waals surface area contributed by atoms with E-state index in [-0.39, 0.29) is 0 Å². The minimum atomic E-state index is -1.32. The molecule has 15 heavy (non-hydrogen) atoms. The standard InChI is InChI=1S/C8H15NO5S/c1-3(15)9-5-7(12)6(11)4(2-10)14-8(5)13/h4-8,10-13H,2H2,1H3,(H,9,15)/t4-,5-,6+,7-,8?/m1/s1. The van der Waals surface area contributed by atoms with Crippen molar-refractivity contribution in [3.63, 3.8) is 0 Å². The third-order valence-electron chi connectivity index (χ3n) is 2.27. The van der Waals surface area contributed by atoms with Crippen LogP contribution in [0.5, 0.6) is 0 Å². The third-order valence-corrected chi connectivity index (χ3v) is 2.39. The van der Waals surface area contributed by atoms with Crippen molar-refractivity contribution in [2.24, 2.45) is 0 Å². The van der Waals surface area contributed by atoms with Crippen molar-refractivity contribution < 1.29 is 25.2 Å². The first-order valence-electron chi connectivity index (χ1n) is 4.55. The quantitative estimate of drug-likeness (QED) is 0.345. The molecule has 1 rings (SSSR count). The van der Waals surface area contributed by atoms with E-state index in [4.69, 9.17) is 22.1 Å². The van der Waals surface area contributed by atoms with Crippen molar-refractivity contribution in [3.05, 3.63) is 0 Å². The van der Waals surface area contributed by atoms with E-state index in [1.54, 1.807) is 6.92 Å². The van der Waals surface area contributed by atoms with E-state index < -0.39 is 37.3 Å². The van der Waals surface area contributed by atoms with E-state index in [0.717, 1.165) is 0 Å². The third kappa shape index (κ3) is 2.83. The molecule has 1 aliphatic rings. The van der Waals surface area contributed by atoms with Crippen LogP contribution >= 0.6 is 12.2 Å². The van der Waals surface area contributed by atoms with Crippen molar-refractivity contribution in [2.45, 2.75) is 37.6 Å². The van der Waals surface area contributed by atoms with E-state index >= 15 is 0 Å². The Morgan fingerprint density at radius 1 is 1.33 bits per heavy atom. The molecule has 1 saturated heterocycles. The lowest BCUT2D eigenvalue weighted by Crippen LogP contribution is -2.63. The largest absolute Gasteiger partial charge is 0.394 e. The summed E-state index contributed by atoms with van der Waals surface area (Å²) < 4.78 is 4.91. The Morgan fingerprint density at radius 2 is 1.93 bits per heavy atom. The van der Waals surface area contributed by atoms with Gasteiger partial charge in [0.15, 0.2) is 6.29 Å². The molecule has 0 aromatic carbocycles. The molecule has 1 aliphatic heterocycles. The Bertz CT molecular complexity index is 239. The predicted molar refractivity (Wildman–Crippen MR) is 55.2 cm³/mol. The Morgan fingerprint density at radius 3 is 2.40 bits per heavy atom. The zero-order chi connectivity index (χ0) is 11.6. The molecule has 1 heterocycles. The number of thiocarbonyl (C=S) groups is 1. The maximum atomic E-state index is 9.64. The number of hydrogen-bond donors (Lipinski definition) is 5. The molecule has 7 heteroatoms. The Hall–Kier alpha value is -0.310. The van der Waals surface area contributed by atoms with Crippen LogP contribution < -0.4 is 5.32 Å². The van der Waals surface area contributed by atoms with Gasteiger partial charge in [0.05, 0.1) is 11.6 Å². The highest BCUT2D eigenvalue weighted by Crippen LogP contribution is 2.19. The fourth-order valence-corrected chi connectivity index (χ4v) is 1.62. The zero-order valence-electron chi connectivity index (χ0n) is 8.20. The molecule has 1 fully saturated rings. The predicted octanol–water partition coefficient (Wildman–Crippen LogP) is -2.28. The summed E-state index contributed by atoms with van der Waals surface area (Å²) in [6.07, 6.45) is -4.81. The van der Waals surface area contributed by atoms with Crippen LogP contribution in [0.15, 0.2) is 0 Å². The topological polar surface area (TPSA) is 102 Å². The normalized spacial score (nSPS) is 41.3. The number of aliphatic hydroxyl groups excluding tert-OH is 4. The van der Waals surface area contributed by atoms with Crippen LogP contribution in [-0.4, -0.2) is 62.7 Å². The van der Waals surface area contributed by atoms with Crippen molar-refractivity contribution in [1.82, 2.24) is 5.32 Å². The Labute approximate surface area is 92.5 Å². The summed E-state index contributed by atoms with van der Waals surface area (Å²) in [5.41, 5.74) is 0. The summed E-state index contributed by atoms with van der Waals surface area (Å²) in [7, 11) is 0. The van der Waals surface area contributed by atoms with Gasteiger partial charge in [0, 0.05) is 0 Å². The number of rotatable bonds is 2. The van der Waals surface area contributed by atoms with E-state index in [2.05, 4.69) is 5.32 Å². The molecule has 0 spiro atoms. The molecule has 0 bridgehead atoms. The Balaban J connectivity index is 2.70. The molecule has 0 saturated carbocycles. The van der Waals surface area contributed by atoms with Gasteiger partial charge in [-0.05, 0) is 6.92 Å². The van der Waals surface area contributed by atoms with Gasteiger partial charge in [-0.25, -0.2) is 0 Å². The summed E-state index contributed by atoms with van der Waals surface area (Å²) in [5.74, 6) is 0. The highest BCUT2D eigenvalue weighted by atomic mass is 32.1. The summed E-state index contributed by atoms with van der Waals surface area (Å²) in [5, 5.41) is 40.1. The van der Waals surface area contributed by atoms with Crippen molar-refractivity contribution in [1.29, 1.82) is 0 Å². The molecule has 0 radical (unpaired) electrons. The van der Waals surface area contributed by atoms with Crippen LogP contribution in [0.4, 0.5) is 0 Å². The van der Waals surface area contributed by atoms with Crippen LogP contribution in [0.25, 0.3) is 0 Å². The summed E-state index contributed by atoms with van der Waals surface area (Å²) in [6, 6.07) is -0.889. The van der Waals surface area contributed by atoms with Gasteiger partial charge < -0.3 is 30.5 Å². The van der Waals surface area contributed by atoms with Gasteiger partial charge in [-0.15, -0.1) is 0 Å². The minimum absolute atomic E-state index is 0.372. The second kappa shape index (κ2) is 5.15. The molecule has 5 atom stereocenters. The van der Waals surface area contributed by atoms with Crippen LogP contribution in [-0.2, 0) is 4.74 Å². The SMILES string of the molecule is CC(=S)N[C@H]1C(O)O[C@H](CO)[C@H](O)[C@@H]1O. The molecule has 0 amide bonds. The van der Waals surface area contributed by atoms with Crippen LogP contribution in [0, 0.1) is 0 Å². The first kappa shape index (κ1) is 12.8. The maximum Gasteiger partial charge on any atom is 0.178 e. The number of nitrogens with one attached hydrogen (secondary N) is 1. The number of hydrogen-bond acceptors (Lipinski definition) is 6. The average molecular weight is 237 g/mol. The van der Waals surface area contributed by atoms with E-state index in [1.165, 1.54) is 0 Å². The fraction of sp³-hybridized carbons (Fsp3) is 0.875. The van der Waals surface area contributed by atoms with E-state index in [1.807, 2.05) is 0 Å². The zero-order valence-corrected chi connectivity index (χ0v) is 9.02. The van der Waals surface area contributed by atoms with Crippen LogP contribution in [0.2, 0.25) is 0 Å². The van der Waals surface area contributed by atoms with Gasteiger partial charge >= 0.3 is 0 Å². The highest BCUT2D eigenvalue weighted by Gasteiger charge is 2.43. The molecular weight excluding hydrogens is 222 g/mol. The monoisotopic (exact) mass is 237 g/mol. The molecule has 0 aromatic rings. The Kier molecular flexibility index (Phi) is 4.38. The lowest BCUT2D eigenvalue weighted by molar-refractivity contribution is -0.251. The maximum absolute atomic E-state index is 9.64. The second-order valence-electron chi connectivity index (χ2n) is 3.46. The van der Waals surface area contributed by atoms with Gasteiger partial charge in [-0.1, -0.05) is 12.2 Å². The van der Waals surface area contributed by atoms with E-state index in [0.29, 0.717) is 4.99 Å². The van der Waals surface area contributed by atoms with Crippen molar-refractivity contribution in [2.75, 3.05) is 6.61 Å². The highest BCUT2D eigenvalue weighted by molar-refractivity contribution is 7.80. The lowest BCUT2D eigenvalue weighted by Gasteiger charge is -2.40.